The van der Waals surface area contributed by atoms with Crippen molar-refractivity contribution in [2.75, 3.05) is 0 Å². The van der Waals surface area contributed by atoms with Crippen molar-refractivity contribution in [2.45, 2.75) is 24.5 Å². The Labute approximate surface area is 112 Å². The molecule has 3 nitrogen and oxygen atoms in total. The minimum Gasteiger partial charge on any atom is -0.477 e. The number of aromatic carboxylic acids is 1. The molecule has 6 heteroatoms. The van der Waals surface area contributed by atoms with E-state index in [1.54, 1.807) is 29.2 Å². The second-order valence-electron chi connectivity index (χ2n) is 3.49. The maximum Gasteiger partial charge on any atom is 0.345 e. The second kappa shape index (κ2) is 5.20. The molecule has 0 aliphatic rings. The maximum atomic E-state index is 10.7. The lowest BCUT2D eigenvalue weighted by atomic mass is 10.4. The van der Waals surface area contributed by atoms with E-state index < -0.39 is 5.97 Å². The number of thioether (sulfide) groups is 1. The van der Waals surface area contributed by atoms with Gasteiger partial charge >= 0.3 is 5.97 Å². The predicted octanol–water partition coefficient (Wildman–Crippen LogP) is 3.81. The summed E-state index contributed by atoms with van der Waals surface area (Å²) < 4.78 is 0. The van der Waals surface area contributed by atoms with E-state index >= 15 is 0 Å². The third-order valence-electron chi connectivity index (χ3n) is 2.22. The zero-order valence-electron chi connectivity index (χ0n) is 9.39. The van der Waals surface area contributed by atoms with Crippen LogP contribution in [0.15, 0.2) is 16.3 Å². The fourth-order valence-electron chi connectivity index (χ4n) is 1.25. The molecule has 0 aliphatic carbocycles. The Kier molecular flexibility index (Phi) is 3.86. The highest BCUT2D eigenvalue weighted by Gasteiger charge is 2.08. The number of rotatable bonds is 4. The minimum absolute atomic E-state index is 0.388. The fourth-order valence-corrected chi connectivity index (χ4v) is 4.05. The molecule has 0 aliphatic heterocycles. The predicted molar refractivity (Wildman–Crippen MR) is 72.4 cm³/mol. The van der Waals surface area contributed by atoms with E-state index in [0.717, 1.165) is 21.3 Å². The number of carboxylic acids is 1. The van der Waals surface area contributed by atoms with Gasteiger partial charge in [0.15, 0.2) is 0 Å². The van der Waals surface area contributed by atoms with Gasteiger partial charge in [-0.05, 0) is 19.9 Å². The van der Waals surface area contributed by atoms with Gasteiger partial charge in [-0.25, -0.2) is 9.78 Å². The lowest BCUT2D eigenvalue weighted by molar-refractivity contribution is 0.0702. The molecule has 0 fully saturated rings. The van der Waals surface area contributed by atoms with Crippen LogP contribution in [0.2, 0.25) is 0 Å². The van der Waals surface area contributed by atoms with Crippen molar-refractivity contribution in [3.63, 3.8) is 0 Å². The molecular formula is C11H11NO2S3. The van der Waals surface area contributed by atoms with Gasteiger partial charge in [-0.2, -0.15) is 0 Å². The van der Waals surface area contributed by atoms with E-state index in [-0.39, 0.29) is 0 Å². The Balaban J connectivity index is 1.99. The lowest BCUT2D eigenvalue weighted by Crippen LogP contribution is -1.89. The number of carbonyl (C=O) groups is 1. The number of nitrogens with zero attached hydrogens (tertiary/aromatic N) is 1. The smallest absolute Gasteiger partial charge is 0.345 e. The first-order chi connectivity index (χ1) is 8.06. The quantitative estimate of drug-likeness (QED) is 0.868. The Morgan fingerprint density at radius 2 is 2.29 bits per heavy atom. The van der Waals surface area contributed by atoms with Crippen molar-refractivity contribution in [1.29, 1.82) is 0 Å². The van der Waals surface area contributed by atoms with Crippen LogP contribution in [0, 0.1) is 13.8 Å². The molecule has 17 heavy (non-hydrogen) atoms. The summed E-state index contributed by atoms with van der Waals surface area (Å²) >= 11 is 4.59. The summed E-state index contributed by atoms with van der Waals surface area (Å²) in [5, 5.41) is 11.8. The molecule has 2 aromatic heterocycles. The molecule has 0 aromatic carbocycles. The minimum atomic E-state index is -0.859. The van der Waals surface area contributed by atoms with Gasteiger partial charge in [-0.15, -0.1) is 34.4 Å². The van der Waals surface area contributed by atoms with Crippen LogP contribution in [0.5, 0.6) is 0 Å². The third kappa shape index (κ3) is 3.08. The molecular weight excluding hydrogens is 274 g/mol. The second-order valence-corrected chi connectivity index (χ2v) is 6.74. The highest BCUT2D eigenvalue weighted by molar-refractivity contribution is 7.98. The van der Waals surface area contributed by atoms with Crippen molar-refractivity contribution in [1.82, 2.24) is 4.98 Å². The Bertz CT molecular complexity index is 525. The van der Waals surface area contributed by atoms with Gasteiger partial charge in [-0.3, -0.25) is 0 Å². The molecule has 0 amide bonds. The van der Waals surface area contributed by atoms with Crippen LogP contribution in [0.4, 0.5) is 0 Å². The van der Waals surface area contributed by atoms with Crippen LogP contribution >= 0.6 is 34.4 Å². The summed E-state index contributed by atoms with van der Waals surface area (Å²) in [6.07, 6.45) is 0. The van der Waals surface area contributed by atoms with Crippen LogP contribution in [0.3, 0.4) is 0 Å². The lowest BCUT2D eigenvalue weighted by Gasteiger charge is -1.93. The first-order valence-corrected chi connectivity index (χ1v) is 7.62. The molecule has 0 saturated heterocycles. The number of carboxylic acid groups (broad SMARTS) is 1. The average molecular weight is 285 g/mol. The van der Waals surface area contributed by atoms with Crippen LogP contribution in [0.1, 0.15) is 25.3 Å². The highest BCUT2D eigenvalue weighted by Crippen LogP contribution is 2.29. The van der Waals surface area contributed by atoms with Crippen LogP contribution in [-0.4, -0.2) is 16.1 Å². The van der Waals surface area contributed by atoms with Gasteiger partial charge < -0.3 is 5.11 Å². The molecule has 0 unspecified atom stereocenters. The topological polar surface area (TPSA) is 50.2 Å². The van der Waals surface area contributed by atoms with Gasteiger partial charge in [0, 0.05) is 15.2 Å². The molecule has 0 saturated carbocycles. The molecule has 1 N–H and O–H groups in total. The summed E-state index contributed by atoms with van der Waals surface area (Å²) in [4.78, 5) is 17.8. The summed E-state index contributed by atoms with van der Waals surface area (Å²) in [5.74, 6) is -0.0578. The zero-order chi connectivity index (χ0) is 12.4. The fraction of sp³-hybridized carbons (Fsp3) is 0.273. The van der Waals surface area contributed by atoms with Crippen molar-refractivity contribution < 1.29 is 9.90 Å². The highest BCUT2D eigenvalue weighted by atomic mass is 32.2. The van der Waals surface area contributed by atoms with E-state index in [9.17, 15) is 4.79 Å². The molecule has 2 aromatic rings. The van der Waals surface area contributed by atoms with Gasteiger partial charge in [-0.1, -0.05) is 0 Å². The SMILES string of the molecule is Cc1nc(CSc2csc(C(=O)O)c2)sc1C. The van der Waals surface area contributed by atoms with E-state index in [4.69, 9.17) is 5.11 Å². The molecule has 2 heterocycles. The summed E-state index contributed by atoms with van der Waals surface area (Å²) in [6, 6.07) is 1.71. The first-order valence-electron chi connectivity index (χ1n) is 4.94. The Hall–Kier alpha value is -0.850. The number of aryl methyl sites for hydroxylation is 2. The number of hydrogen-bond donors (Lipinski definition) is 1. The molecule has 0 bridgehead atoms. The largest absolute Gasteiger partial charge is 0.477 e. The molecule has 2 rings (SSSR count). The molecule has 90 valence electrons. The average Bonchev–Trinajstić information content (AvgIpc) is 2.84. The van der Waals surface area contributed by atoms with Crippen molar-refractivity contribution in [3.05, 3.63) is 31.9 Å². The maximum absolute atomic E-state index is 10.7. The molecule has 0 atom stereocenters. The zero-order valence-corrected chi connectivity index (χ0v) is 11.8. The van der Waals surface area contributed by atoms with Crippen molar-refractivity contribution in [3.8, 4) is 0 Å². The number of aromatic nitrogens is 1. The normalized spacial score (nSPS) is 10.7. The number of hydrogen-bond acceptors (Lipinski definition) is 5. The first kappa shape index (κ1) is 12.6. The van der Waals surface area contributed by atoms with Gasteiger partial charge in [0.05, 0.1) is 11.4 Å². The van der Waals surface area contributed by atoms with Crippen LogP contribution < -0.4 is 0 Å². The van der Waals surface area contributed by atoms with Crippen LogP contribution in [-0.2, 0) is 5.75 Å². The van der Waals surface area contributed by atoms with Gasteiger partial charge in [0.2, 0.25) is 0 Å². The van der Waals surface area contributed by atoms with E-state index in [1.807, 2.05) is 12.3 Å². The monoisotopic (exact) mass is 285 g/mol. The van der Waals surface area contributed by atoms with Gasteiger partial charge in [0.25, 0.3) is 0 Å². The van der Waals surface area contributed by atoms with Crippen molar-refractivity contribution in [2.24, 2.45) is 0 Å². The number of thiophene rings is 1. The summed E-state index contributed by atoms with van der Waals surface area (Å²) in [7, 11) is 0. The van der Waals surface area contributed by atoms with E-state index in [0.29, 0.717) is 4.88 Å². The Morgan fingerprint density at radius 1 is 1.53 bits per heavy atom. The van der Waals surface area contributed by atoms with Crippen LogP contribution in [0.25, 0.3) is 0 Å². The number of thiazole rings is 1. The summed E-state index contributed by atoms with van der Waals surface area (Å²) in [5.41, 5.74) is 1.09. The van der Waals surface area contributed by atoms with E-state index in [2.05, 4.69) is 11.9 Å². The molecule has 0 radical (unpaired) electrons. The van der Waals surface area contributed by atoms with Gasteiger partial charge in [0.1, 0.15) is 9.88 Å². The standard InChI is InChI=1S/C11H11NO2S3/c1-6-7(2)17-10(12-6)5-15-8-3-9(11(13)14)16-4-8/h3-4H,5H2,1-2H3,(H,13,14). The molecule has 0 spiro atoms. The van der Waals surface area contributed by atoms with E-state index in [1.165, 1.54) is 16.2 Å². The Morgan fingerprint density at radius 3 is 2.82 bits per heavy atom. The third-order valence-corrected chi connectivity index (χ3v) is 5.53. The van der Waals surface area contributed by atoms with Crippen molar-refractivity contribution >= 4 is 40.4 Å². The summed E-state index contributed by atoms with van der Waals surface area (Å²) in [6.45, 7) is 4.07.